The summed E-state index contributed by atoms with van der Waals surface area (Å²) < 4.78 is 108. The number of aromatic nitrogens is 3. The number of nitrogens with zero attached hydrogens (tertiary/aromatic N) is 4. The Morgan fingerprint density at radius 1 is 0.812 bits per heavy atom. The molecule has 0 amide bonds. The second kappa shape index (κ2) is 26.9. The molecule has 0 atom stereocenters. The van der Waals surface area contributed by atoms with Gasteiger partial charge in [0.25, 0.3) is 0 Å². The molecule has 4 rings (SSSR count). The standard InChI is InChI=1S/C32H43N7O4.3C2HF3O2/c1-38(2)26-10-7-24(8-11-26)9-14-29-32(41)31(40)28-13-12-27(21-30(28)43-29)42-23-25-22-39(37-36-25)20-6-19-35-17-4-3-16-34-18-5-15-33;3*3-2(4,5)1(6)7/h7-14,21-22,34-35,41H,3-6,15-20,23,33H2,1-2H3;3*(H,6,7)/b14-9+;;;. The number of halogens is 9. The van der Waals surface area contributed by atoms with E-state index >= 15 is 0 Å². The van der Waals surface area contributed by atoms with Crippen LogP contribution in [-0.2, 0) is 27.5 Å². The van der Waals surface area contributed by atoms with Gasteiger partial charge in [-0.3, -0.25) is 9.48 Å². The maximum atomic E-state index is 12.8. The number of aryl methyl sites for hydroxylation is 1. The lowest BCUT2D eigenvalue weighted by molar-refractivity contribution is -0.666. The Hall–Kier alpha value is -6.41. The molecule has 0 spiro atoms. The van der Waals surface area contributed by atoms with E-state index in [1.807, 2.05) is 54.1 Å². The lowest BCUT2D eigenvalue weighted by Crippen LogP contribution is -2.86. The zero-order valence-corrected chi connectivity index (χ0v) is 34.2. The molecule has 0 saturated heterocycles. The second-order valence-corrected chi connectivity index (χ2v) is 13.2. The Bertz CT molecular complexity index is 2080. The van der Waals surface area contributed by atoms with Gasteiger partial charge in [0.2, 0.25) is 11.2 Å². The van der Waals surface area contributed by atoms with Crippen LogP contribution in [0.4, 0.5) is 45.2 Å². The van der Waals surface area contributed by atoms with Crippen molar-refractivity contribution in [3.05, 3.63) is 75.9 Å². The van der Waals surface area contributed by atoms with Crippen molar-refractivity contribution in [1.29, 1.82) is 0 Å². The highest BCUT2D eigenvalue weighted by molar-refractivity contribution is 5.82. The van der Waals surface area contributed by atoms with Crippen molar-refractivity contribution in [2.45, 2.75) is 57.4 Å². The summed E-state index contributed by atoms with van der Waals surface area (Å²) in [4.78, 5) is 41.1. The van der Waals surface area contributed by atoms with Crippen LogP contribution in [0.1, 0.15) is 42.7 Å². The molecule has 64 heavy (non-hydrogen) atoms. The number of carboxylic acid groups (broad SMARTS) is 3. The van der Waals surface area contributed by atoms with Crippen LogP contribution < -0.4 is 46.8 Å². The first kappa shape index (κ1) is 55.6. The van der Waals surface area contributed by atoms with Gasteiger partial charge < -0.3 is 65.2 Å². The molecule has 2 heterocycles. The number of unbranched alkanes of at least 4 members (excludes halogenated alkanes) is 1. The Labute approximate surface area is 357 Å². The average molecular weight is 932 g/mol. The summed E-state index contributed by atoms with van der Waals surface area (Å²) in [6, 6.07) is 12.8. The molecule has 2 aromatic heterocycles. The number of benzene rings is 2. The first-order valence-electron chi connectivity index (χ1n) is 18.8. The van der Waals surface area contributed by atoms with Gasteiger partial charge in [0.1, 0.15) is 41.5 Å². The molecule has 0 fully saturated rings. The molecular weight excluding hydrogens is 885 g/mol. The fourth-order valence-electron chi connectivity index (χ4n) is 4.66. The third-order valence-corrected chi connectivity index (χ3v) is 7.89. The summed E-state index contributed by atoms with van der Waals surface area (Å²) >= 11 is 0. The predicted octanol–water partition coefficient (Wildman–Crippen LogP) is -1.27. The number of fused-ring (bicyclic) bond motifs is 1. The molecule has 26 heteroatoms. The molecule has 0 saturated carbocycles. The maximum Gasteiger partial charge on any atom is 0.430 e. The maximum absolute atomic E-state index is 12.8. The van der Waals surface area contributed by atoms with E-state index in [4.69, 9.17) is 38.9 Å². The van der Waals surface area contributed by atoms with E-state index in [0.717, 1.165) is 49.5 Å². The Morgan fingerprint density at radius 3 is 1.80 bits per heavy atom. The number of carbonyl (C=O) groups is 3. The molecule has 2 aromatic carbocycles. The van der Waals surface area contributed by atoms with Crippen molar-refractivity contribution in [2.24, 2.45) is 0 Å². The lowest BCUT2D eigenvalue weighted by atomic mass is 10.1. The quantitative estimate of drug-likeness (QED) is 0.0671. The van der Waals surface area contributed by atoms with Crippen molar-refractivity contribution < 1.29 is 99.8 Å². The van der Waals surface area contributed by atoms with Gasteiger partial charge in [0, 0.05) is 58.1 Å². The van der Waals surface area contributed by atoms with Crippen molar-refractivity contribution in [2.75, 3.05) is 51.7 Å². The highest BCUT2D eigenvalue weighted by atomic mass is 19.4. The van der Waals surface area contributed by atoms with Crippen LogP contribution in [0, 0.1) is 0 Å². The van der Waals surface area contributed by atoms with E-state index in [-0.39, 0.29) is 17.8 Å². The van der Waals surface area contributed by atoms with Crippen LogP contribution in [0.15, 0.2) is 57.9 Å². The third-order valence-electron chi connectivity index (χ3n) is 7.89. The van der Waals surface area contributed by atoms with Gasteiger partial charge >= 0.3 is 18.5 Å². The monoisotopic (exact) mass is 931 g/mol. The number of quaternary nitrogens is 3. The van der Waals surface area contributed by atoms with Crippen LogP contribution in [0.5, 0.6) is 11.5 Å². The minimum Gasteiger partial charge on any atom is -0.542 e. The molecule has 0 bridgehead atoms. The SMILES string of the molecule is CN(C)c1ccc(/C=C/c2oc3cc(OCc4cn(CCC[NH2+]CCCC[NH2+]CCC[NH3+])nn4)ccc3c(=O)c2O)cc1.O=C([O-])C(F)(F)F.O=C([O-])C(F)(F)F.O=C([O-])C(F)(F)F. The number of ether oxygens (including phenoxy) is 1. The highest BCUT2D eigenvalue weighted by Gasteiger charge is 2.30. The molecule has 17 nitrogen and oxygen atoms in total. The minimum atomic E-state index is -5.19. The third kappa shape index (κ3) is 22.1. The van der Waals surface area contributed by atoms with Crippen LogP contribution in [0.25, 0.3) is 23.1 Å². The normalized spacial score (nSPS) is 11.4. The largest absolute Gasteiger partial charge is 0.542 e. The summed E-state index contributed by atoms with van der Waals surface area (Å²) in [7, 11) is 3.96. The molecular formula is C38H46F9N7O10. The predicted molar refractivity (Wildman–Crippen MR) is 201 cm³/mol. The molecule has 0 aliphatic rings. The number of aliphatic carboxylic acids is 3. The summed E-state index contributed by atoms with van der Waals surface area (Å²) in [6.07, 6.45) is -5.57. The number of hydrogen-bond acceptors (Lipinski definition) is 13. The fourth-order valence-corrected chi connectivity index (χ4v) is 4.66. The molecule has 4 aromatic rings. The van der Waals surface area contributed by atoms with E-state index < -0.39 is 47.6 Å². The van der Waals surface area contributed by atoms with Crippen molar-refractivity contribution >= 4 is 46.7 Å². The van der Waals surface area contributed by atoms with Gasteiger partial charge in [0.15, 0.2) is 5.76 Å². The van der Waals surface area contributed by atoms with Crippen LogP contribution in [0.3, 0.4) is 0 Å². The average Bonchev–Trinajstić information content (AvgIpc) is 3.67. The van der Waals surface area contributed by atoms with Gasteiger partial charge in [-0.05, 0) is 35.9 Å². The number of anilines is 1. The highest BCUT2D eigenvalue weighted by Crippen LogP contribution is 2.26. The first-order valence-corrected chi connectivity index (χ1v) is 18.8. The molecule has 0 radical (unpaired) electrons. The number of carbonyl (C=O) groups excluding carboxylic acids is 3. The van der Waals surface area contributed by atoms with Gasteiger partial charge in [-0.15, -0.1) is 5.10 Å². The smallest absolute Gasteiger partial charge is 0.430 e. The first-order chi connectivity index (χ1) is 29.8. The van der Waals surface area contributed by atoms with Crippen LogP contribution >= 0.6 is 0 Å². The number of alkyl halides is 9. The van der Waals surface area contributed by atoms with E-state index in [9.17, 15) is 49.4 Å². The van der Waals surface area contributed by atoms with Gasteiger partial charge in [-0.2, -0.15) is 39.5 Å². The Kier molecular flexibility index (Phi) is 23.4. The molecule has 0 unspecified atom stereocenters. The lowest BCUT2D eigenvalue weighted by Gasteiger charge is -2.11. The van der Waals surface area contributed by atoms with Gasteiger partial charge in [-0.1, -0.05) is 23.4 Å². The Balaban J connectivity index is 0.000000802. The number of hydrogen-bond donors (Lipinski definition) is 4. The minimum absolute atomic E-state index is 0.0883. The summed E-state index contributed by atoms with van der Waals surface area (Å²) in [5, 5.41) is 50.3. The second-order valence-electron chi connectivity index (χ2n) is 13.2. The van der Waals surface area contributed by atoms with E-state index in [2.05, 4.69) is 26.7 Å². The van der Waals surface area contributed by atoms with Crippen molar-refractivity contribution in [3.8, 4) is 11.5 Å². The number of aromatic hydroxyl groups is 1. The van der Waals surface area contributed by atoms with E-state index in [1.54, 1.807) is 30.4 Å². The summed E-state index contributed by atoms with van der Waals surface area (Å²) in [6.45, 7) is 6.69. The van der Waals surface area contributed by atoms with Crippen LogP contribution in [0.2, 0.25) is 0 Å². The topological polar surface area (TPSA) is 275 Å². The van der Waals surface area contributed by atoms with E-state index in [1.165, 1.54) is 32.4 Å². The van der Waals surface area contributed by atoms with E-state index in [0.29, 0.717) is 11.3 Å². The molecule has 0 aliphatic carbocycles. The fraction of sp³-hybridized carbons (Fsp3) is 0.421. The molecule has 8 N–H and O–H groups in total. The summed E-state index contributed by atoms with van der Waals surface area (Å²) in [5.41, 5.74) is 6.42. The number of nitrogens with two attached hydrogens (primary N) is 2. The number of carboxylic acids is 3. The van der Waals surface area contributed by atoms with Crippen molar-refractivity contribution in [1.82, 2.24) is 15.0 Å². The Morgan fingerprint density at radius 2 is 1.31 bits per heavy atom. The van der Waals surface area contributed by atoms with Gasteiger partial charge in [0.05, 0.1) is 44.3 Å². The zero-order chi connectivity index (χ0) is 48.7. The molecule has 356 valence electrons. The molecule has 0 aliphatic heterocycles. The van der Waals surface area contributed by atoms with Crippen LogP contribution in [-0.4, -0.2) is 103 Å². The van der Waals surface area contributed by atoms with Crippen molar-refractivity contribution in [3.63, 3.8) is 0 Å². The summed E-state index contributed by atoms with van der Waals surface area (Å²) in [5.74, 6) is -8.83. The number of rotatable bonds is 18. The zero-order valence-electron chi connectivity index (χ0n) is 34.2. The van der Waals surface area contributed by atoms with Gasteiger partial charge in [-0.25, -0.2) is 0 Å².